The first kappa shape index (κ1) is 22.1. The van der Waals surface area contributed by atoms with Crippen LogP contribution in [-0.4, -0.2) is 15.3 Å². The van der Waals surface area contributed by atoms with Crippen molar-refractivity contribution in [2.45, 2.75) is 10.6 Å². The average Bonchev–Trinajstić information content (AvgIpc) is 3.29. The SMILES string of the molecule is O=C(Nc1ccccc1SCc1cc(=O)n2c(-c3ccccc3)csc2n1)c1ccc(F)cc1. The van der Waals surface area contributed by atoms with E-state index in [0.29, 0.717) is 27.7 Å². The van der Waals surface area contributed by atoms with Crippen molar-refractivity contribution in [3.63, 3.8) is 0 Å². The second-order valence-electron chi connectivity index (χ2n) is 7.44. The van der Waals surface area contributed by atoms with Gasteiger partial charge >= 0.3 is 0 Å². The normalized spacial score (nSPS) is 11.0. The molecule has 0 aliphatic heterocycles. The number of carbonyl (C=O) groups is 1. The Hall–Kier alpha value is -3.75. The van der Waals surface area contributed by atoms with E-state index in [4.69, 9.17) is 0 Å². The van der Waals surface area contributed by atoms with E-state index in [2.05, 4.69) is 10.3 Å². The predicted molar refractivity (Wildman–Crippen MR) is 135 cm³/mol. The van der Waals surface area contributed by atoms with Gasteiger partial charge in [-0.25, -0.2) is 9.37 Å². The van der Waals surface area contributed by atoms with Crippen molar-refractivity contribution in [3.05, 3.63) is 118 Å². The fourth-order valence-corrected chi connectivity index (χ4v) is 5.31. The highest BCUT2D eigenvalue weighted by atomic mass is 32.2. The number of nitrogens with zero attached hydrogens (tertiary/aromatic N) is 2. The molecule has 0 spiro atoms. The Kier molecular flexibility index (Phi) is 6.24. The molecule has 168 valence electrons. The summed E-state index contributed by atoms with van der Waals surface area (Å²) in [5, 5.41) is 4.82. The van der Waals surface area contributed by atoms with Crippen molar-refractivity contribution in [1.29, 1.82) is 0 Å². The Morgan fingerprint density at radius 1 is 1.00 bits per heavy atom. The fraction of sp³-hybridized carbons (Fsp3) is 0.0385. The van der Waals surface area contributed by atoms with E-state index < -0.39 is 5.82 Å². The molecule has 34 heavy (non-hydrogen) atoms. The average molecular weight is 488 g/mol. The van der Waals surface area contributed by atoms with Crippen LogP contribution >= 0.6 is 23.1 Å². The van der Waals surface area contributed by atoms with Gasteiger partial charge in [0.05, 0.1) is 17.1 Å². The van der Waals surface area contributed by atoms with Crippen LogP contribution in [0.1, 0.15) is 16.1 Å². The number of nitrogens with one attached hydrogen (secondary N) is 1. The summed E-state index contributed by atoms with van der Waals surface area (Å²) in [6.07, 6.45) is 0. The maximum atomic E-state index is 13.2. The van der Waals surface area contributed by atoms with Gasteiger partial charge in [0.2, 0.25) is 0 Å². The molecule has 0 aliphatic carbocycles. The molecule has 8 heteroatoms. The minimum absolute atomic E-state index is 0.126. The number of benzene rings is 3. The molecule has 1 N–H and O–H groups in total. The van der Waals surface area contributed by atoms with Gasteiger partial charge in [0.1, 0.15) is 5.82 Å². The van der Waals surface area contributed by atoms with E-state index in [9.17, 15) is 14.0 Å². The van der Waals surface area contributed by atoms with Gasteiger partial charge in [-0.2, -0.15) is 0 Å². The van der Waals surface area contributed by atoms with Gasteiger partial charge in [-0.05, 0) is 42.0 Å². The Labute approximate surface area is 202 Å². The second-order valence-corrected chi connectivity index (χ2v) is 9.29. The quantitative estimate of drug-likeness (QED) is 0.294. The first-order valence-corrected chi connectivity index (χ1v) is 12.3. The number of hydrogen-bond acceptors (Lipinski definition) is 5. The summed E-state index contributed by atoms with van der Waals surface area (Å²) in [6, 6.07) is 24.1. The van der Waals surface area contributed by atoms with Crippen molar-refractivity contribution in [2.24, 2.45) is 0 Å². The largest absolute Gasteiger partial charge is 0.321 e. The molecule has 2 heterocycles. The van der Waals surface area contributed by atoms with Crippen LogP contribution in [-0.2, 0) is 5.75 Å². The number of anilines is 1. The summed E-state index contributed by atoms with van der Waals surface area (Å²) in [5.41, 5.74) is 3.34. The number of hydrogen-bond donors (Lipinski definition) is 1. The summed E-state index contributed by atoms with van der Waals surface area (Å²) in [5.74, 6) is -0.249. The van der Waals surface area contributed by atoms with Crippen molar-refractivity contribution in [2.75, 3.05) is 5.32 Å². The van der Waals surface area contributed by atoms with E-state index in [1.165, 1.54) is 47.4 Å². The molecule has 0 unspecified atom stereocenters. The van der Waals surface area contributed by atoms with Crippen molar-refractivity contribution < 1.29 is 9.18 Å². The molecule has 5 nitrogen and oxygen atoms in total. The van der Waals surface area contributed by atoms with Gasteiger partial charge in [0.15, 0.2) is 4.96 Å². The highest BCUT2D eigenvalue weighted by molar-refractivity contribution is 7.98. The molecule has 2 aromatic heterocycles. The van der Waals surface area contributed by atoms with Gasteiger partial charge in [0.25, 0.3) is 11.5 Å². The van der Waals surface area contributed by atoms with Crippen LogP contribution < -0.4 is 10.9 Å². The first-order chi connectivity index (χ1) is 16.6. The molecule has 0 saturated carbocycles. The monoisotopic (exact) mass is 487 g/mol. The Morgan fingerprint density at radius 3 is 2.53 bits per heavy atom. The molecule has 5 aromatic rings. The zero-order valence-electron chi connectivity index (χ0n) is 17.8. The lowest BCUT2D eigenvalue weighted by Crippen LogP contribution is -2.14. The molecule has 3 aromatic carbocycles. The summed E-state index contributed by atoms with van der Waals surface area (Å²) in [7, 11) is 0. The zero-order chi connectivity index (χ0) is 23.5. The maximum absolute atomic E-state index is 13.2. The van der Waals surface area contributed by atoms with Crippen molar-refractivity contribution in [3.8, 4) is 11.3 Å². The fourth-order valence-electron chi connectivity index (χ4n) is 3.49. The molecule has 5 rings (SSSR count). The third kappa shape index (κ3) is 4.64. The van der Waals surface area contributed by atoms with Crippen LogP contribution in [0.2, 0.25) is 0 Å². The third-order valence-electron chi connectivity index (χ3n) is 5.14. The van der Waals surface area contributed by atoms with Gasteiger partial charge in [-0.1, -0.05) is 42.5 Å². The summed E-state index contributed by atoms with van der Waals surface area (Å²) >= 11 is 2.91. The molecule has 0 saturated heterocycles. The first-order valence-electron chi connectivity index (χ1n) is 10.4. The standard InChI is InChI=1S/C26H18FN3O2S2/c27-19-12-10-18(11-13-19)25(32)29-21-8-4-5-9-23(21)33-15-20-14-24(31)30-22(16-34-26(30)28-20)17-6-2-1-3-7-17/h1-14,16H,15H2,(H,29,32). The lowest BCUT2D eigenvalue weighted by molar-refractivity contribution is 0.102. The summed E-state index contributed by atoms with van der Waals surface area (Å²) < 4.78 is 14.8. The number of rotatable bonds is 6. The summed E-state index contributed by atoms with van der Waals surface area (Å²) in [4.78, 5) is 31.6. The topological polar surface area (TPSA) is 63.5 Å². The second kappa shape index (κ2) is 9.62. The van der Waals surface area contributed by atoms with Gasteiger partial charge in [-0.3, -0.25) is 14.0 Å². The Morgan fingerprint density at radius 2 is 1.74 bits per heavy atom. The number of carbonyl (C=O) groups excluding carboxylic acids is 1. The van der Waals surface area contributed by atoms with E-state index in [1.54, 1.807) is 16.5 Å². The van der Waals surface area contributed by atoms with Gasteiger partial charge < -0.3 is 5.32 Å². The Balaban J connectivity index is 1.35. The van der Waals surface area contributed by atoms with Crippen LogP contribution in [0.3, 0.4) is 0 Å². The highest BCUT2D eigenvalue weighted by Gasteiger charge is 2.13. The lowest BCUT2D eigenvalue weighted by Gasteiger charge is -2.11. The molecule has 0 atom stereocenters. The van der Waals surface area contributed by atoms with E-state index in [1.807, 2.05) is 53.9 Å². The van der Waals surface area contributed by atoms with Crippen LogP contribution in [0.25, 0.3) is 16.2 Å². The minimum atomic E-state index is -0.394. The smallest absolute Gasteiger partial charge is 0.259 e. The maximum Gasteiger partial charge on any atom is 0.259 e. The van der Waals surface area contributed by atoms with Crippen LogP contribution in [0.15, 0.2) is 100.0 Å². The van der Waals surface area contributed by atoms with Crippen LogP contribution in [0, 0.1) is 5.82 Å². The number of amides is 1. The van der Waals surface area contributed by atoms with E-state index >= 15 is 0 Å². The number of aromatic nitrogens is 2. The van der Waals surface area contributed by atoms with Crippen molar-refractivity contribution in [1.82, 2.24) is 9.38 Å². The molecular formula is C26H18FN3O2S2. The predicted octanol–water partition coefficient (Wildman–Crippen LogP) is 6.11. The highest BCUT2D eigenvalue weighted by Crippen LogP contribution is 2.30. The molecule has 0 aliphatic rings. The van der Waals surface area contributed by atoms with Gasteiger partial charge in [-0.15, -0.1) is 23.1 Å². The zero-order valence-corrected chi connectivity index (χ0v) is 19.4. The number of para-hydroxylation sites is 1. The lowest BCUT2D eigenvalue weighted by atomic mass is 10.2. The number of halogens is 1. The summed E-state index contributed by atoms with van der Waals surface area (Å²) in [6.45, 7) is 0. The molecule has 1 amide bonds. The van der Waals surface area contributed by atoms with Crippen LogP contribution in [0.4, 0.5) is 10.1 Å². The molecule has 0 bridgehead atoms. The third-order valence-corrected chi connectivity index (χ3v) is 7.08. The molecule has 0 radical (unpaired) electrons. The number of thioether (sulfide) groups is 1. The van der Waals surface area contributed by atoms with E-state index in [0.717, 1.165) is 16.2 Å². The molecular weight excluding hydrogens is 469 g/mol. The minimum Gasteiger partial charge on any atom is -0.321 e. The van der Waals surface area contributed by atoms with Crippen LogP contribution in [0.5, 0.6) is 0 Å². The molecule has 0 fully saturated rings. The van der Waals surface area contributed by atoms with Crippen molar-refractivity contribution >= 4 is 39.7 Å². The Bertz CT molecular complexity index is 1530. The van der Waals surface area contributed by atoms with E-state index in [-0.39, 0.29) is 11.5 Å². The number of fused-ring (bicyclic) bond motifs is 1. The van der Waals surface area contributed by atoms with Gasteiger partial charge in [0, 0.05) is 27.7 Å². The number of thiazole rings is 1.